The lowest BCUT2D eigenvalue weighted by atomic mass is 9.36. The van der Waals surface area contributed by atoms with Crippen LogP contribution < -0.4 is 5.32 Å². The Morgan fingerprint density at radius 3 is 2.23 bits per heavy atom. The summed E-state index contributed by atoms with van der Waals surface area (Å²) < 4.78 is 12.6. The molecule has 0 radical (unpaired) electrons. The van der Waals surface area contributed by atoms with Crippen LogP contribution in [0, 0.1) is 56.7 Å². The van der Waals surface area contributed by atoms with Gasteiger partial charge in [0.2, 0.25) is 0 Å². The van der Waals surface area contributed by atoms with Crippen molar-refractivity contribution in [3.05, 3.63) is 46.0 Å². The maximum Gasteiger partial charge on any atom is 0.338 e. The zero-order valence-corrected chi connectivity index (χ0v) is 34.2. The fourth-order valence-electron chi connectivity index (χ4n) is 12.9. The van der Waals surface area contributed by atoms with Crippen LogP contribution in [0.5, 0.6) is 0 Å². The number of benzene rings is 1. The summed E-state index contributed by atoms with van der Waals surface area (Å²) >= 11 is 6.12. The molecule has 8 unspecified atom stereocenters. The molecule has 4 saturated carbocycles. The van der Waals surface area contributed by atoms with Gasteiger partial charge in [-0.3, -0.25) is 14.4 Å². The number of carbonyl (C=O) groups excluding carboxylic acids is 3. The molecule has 0 amide bonds. The second kappa shape index (κ2) is 14.1. The number of rotatable bonds is 10. The Labute approximate surface area is 321 Å². The maximum absolute atomic E-state index is 14.2. The van der Waals surface area contributed by atoms with Crippen LogP contribution in [0.2, 0.25) is 5.02 Å². The van der Waals surface area contributed by atoms with Gasteiger partial charge in [-0.05, 0) is 148 Å². The number of carboxylic acids is 1. The maximum atomic E-state index is 14.2. The third-order valence-corrected chi connectivity index (χ3v) is 15.6. The van der Waals surface area contributed by atoms with Crippen molar-refractivity contribution in [2.75, 3.05) is 13.6 Å². The summed E-state index contributed by atoms with van der Waals surface area (Å²) in [6.45, 7) is 17.4. The molecule has 5 aliphatic carbocycles. The van der Waals surface area contributed by atoms with E-state index in [1.54, 1.807) is 38.1 Å². The van der Waals surface area contributed by atoms with Crippen molar-refractivity contribution in [1.82, 2.24) is 5.32 Å². The Bertz CT molecular complexity index is 1660. The molecule has 0 saturated heterocycles. The Balaban J connectivity index is 1.29. The summed E-state index contributed by atoms with van der Waals surface area (Å²) in [5, 5.41) is 13.5. The molecule has 0 aromatic heterocycles. The van der Waals surface area contributed by atoms with Crippen LogP contribution in [0.3, 0.4) is 0 Å². The molecular weight excluding hydrogens is 690 g/mol. The molecule has 2 N–H and O–H groups in total. The van der Waals surface area contributed by atoms with Crippen LogP contribution in [-0.2, 0) is 23.9 Å². The Kier molecular flexibility index (Phi) is 10.6. The topological polar surface area (TPSA) is 119 Å². The first kappa shape index (κ1) is 40.0. The van der Waals surface area contributed by atoms with Crippen molar-refractivity contribution in [3.8, 4) is 0 Å². The van der Waals surface area contributed by atoms with Gasteiger partial charge in [-0.25, -0.2) is 4.79 Å². The predicted octanol–water partition coefficient (Wildman–Crippen LogP) is 9.09. The molecule has 4 fully saturated rings. The van der Waals surface area contributed by atoms with E-state index in [0.717, 1.165) is 56.9 Å². The summed E-state index contributed by atoms with van der Waals surface area (Å²) in [6, 6.07) is 6.80. The highest BCUT2D eigenvalue weighted by Gasteiger charge is 2.67. The molecule has 0 aliphatic heterocycles. The number of fused-ring (bicyclic) bond motifs is 7. The Morgan fingerprint density at radius 1 is 0.943 bits per heavy atom. The molecule has 53 heavy (non-hydrogen) atoms. The van der Waals surface area contributed by atoms with Crippen molar-refractivity contribution >= 4 is 35.3 Å². The molecule has 1 aromatic carbocycles. The number of allylic oxidation sites excluding steroid dienone is 1. The number of halogens is 1. The number of Topliss-reactive ketones (excluding diaryl/α,β-unsaturated/α-hetero) is 1. The van der Waals surface area contributed by atoms with E-state index in [-0.39, 0.29) is 52.4 Å². The van der Waals surface area contributed by atoms with Crippen LogP contribution >= 0.6 is 11.6 Å². The normalized spacial score (nSPS) is 35.5. The second-order valence-corrected chi connectivity index (χ2v) is 19.8. The van der Waals surface area contributed by atoms with Gasteiger partial charge < -0.3 is 19.9 Å². The van der Waals surface area contributed by atoms with E-state index >= 15 is 0 Å². The molecular formula is C44H62ClNO7. The Hall–Kier alpha value is -2.71. The number of ether oxygens (including phenoxy) is 2. The molecule has 9 heteroatoms. The van der Waals surface area contributed by atoms with E-state index in [1.165, 1.54) is 5.57 Å². The first-order valence-electron chi connectivity index (χ1n) is 20.0. The third-order valence-electron chi connectivity index (χ3n) is 15.4. The van der Waals surface area contributed by atoms with Crippen molar-refractivity contribution in [3.63, 3.8) is 0 Å². The quantitative estimate of drug-likeness (QED) is 0.227. The molecule has 1 aromatic rings. The van der Waals surface area contributed by atoms with Crippen LogP contribution in [0.25, 0.3) is 0 Å². The van der Waals surface area contributed by atoms with Crippen LogP contribution in [0.1, 0.15) is 130 Å². The predicted molar refractivity (Wildman–Crippen MR) is 205 cm³/mol. The van der Waals surface area contributed by atoms with Crippen LogP contribution in [0.4, 0.5) is 0 Å². The summed E-state index contributed by atoms with van der Waals surface area (Å²) in [7, 11) is 1.88. The van der Waals surface area contributed by atoms with E-state index in [2.05, 4.69) is 46.9 Å². The lowest BCUT2D eigenvalue weighted by Gasteiger charge is -2.69. The van der Waals surface area contributed by atoms with E-state index in [0.29, 0.717) is 41.3 Å². The minimum atomic E-state index is -1.17. The van der Waals surface area contributed by atoms with E-state index in [9.17, 15) is 24.3 Å². The van der Waals surface area contributed by atoms with Crippen molar-refractivity contribution < 1.29 is 33.8 Å². The number of likely N-dealkylation sites (N-methyl/N-ethyl adjacent to an activating group) is 1. The van der Waals surface area contributed by atoms with Crippen molar-refractivity contribution in [2.24, 2.45) is 56.7 Å². The summed E-state index contributed by atoms with van der Waals surface area (Å²) in [6.07, 6.45) is 7.23. The molecule has 9 atom stereocenters. The zero-order chi connectivity index (χ0) is 38.9. The number of aliphatic carboxylic acids is 1. The fourth-order valence-corrected chi connectivity index (χ4v) is 13.0. The largest absolute Gasteiger partial charge is 0.481 e. The van der Waals surface area contributed by atoms with Gasteiger partial charge in [-0.15, -0.1) is 0 Å². The smallest absolute Gasteiger partial charge is 0.338 e. The van der Waals surface area contributed by atoms with Gasteiger partial charge >= 0.3 is 17.9 Å². The van der Waals surface area contributed by atoms with E-state index in [4.69, 9.17) is 21.1 Å². The SMILES string of the molecule is CNC[C@H](OC(=O)c1ccc(Cl)cc1)C12CCC3C(CCC4C3(C)CCC3C(C)(C)C(OC(=O)CC(C)(C)C(=O)O)CCC34C)C1=C(C(C)C)C(=O)C2. The standard InChI is InChI=1S/C44H62ClNO7/c1-25(2)36-30(47)22-44(34(24-46-9)53-38(49)26-10-12-27(45)13-11-26)21-16-29-28(37(36)44)14-15-32-42(29,7)19-17-31-41(5,6)33(18-20-43(31,32)8)52-35(48)23-40(3,4)39(50)51/h10-13,25,28-29,31-34,46H,14-24H2,1-9H3,(H,50,51)/t28?,29?,31?,32?,33?,34-,42?,43?,44?/m0/s1. The number of ketones is 1. The first-order chi connectivity index (χ1) is 24.7. The highest BCUT2D eigenvalue weighted by molar-refractivity contribution is 6.30. The Morgan fingerprint density at radius 2 is 1.60 bits per heavy atom. The van der Waals surface area contributed by atoms with E-state index < -0.39 is 28.9 Å². The number of hydrogen-bond donors (Lipinski definition) is 2. The van der Waals surface area contributed by atoms with Gasteiger partial charge in [0.05, 0.1) is 17.4 Å². The number of carboxylic acid groups (broad SMARTS) is 1. The molecule has 0 bridgehead atoms. The van der Waals surface area contributed by atoms with Gasteiger partial charge in [0, 0.05) is 28.8 Å². The minimum Gasteiger partial charge on any atom is -0.481 e. The molecule has 0 heterocycles. The average molecular weight is 752 g/mol. The zero-order valence-electron chi connectivity index (χ0n) is 33.4. The first-order valence-corrected chi connectivity index (χ1v) is 20.4. The second-order valence-electron chi connectivity index (χ2n) is 19.4. The average Bonchev–Trinajstić information content (AvgIpc) is 3.39. The lowest BCUT2D eigenvalue weighted by molar-refractivity contribution is -0.214. The van der Waals surface area contributed by atoms with E-state index in [1.807, 2.05) is 7.05 Å². The third kappa shape index (κ3) is 6.59. The van der Waals surface area contributed by atoms with Gasteiger partial charge in [0.25, 0.3) is 0 Å². The lowest BCUT2D eigenvalue weighted by Crippen LogP contribution is -2.63. The molecule has 292 valence electrons. The highest BCUT2D eigenvalue weighted by Crippen LogP contribution is 2.73. The van der Waals surface area contributed by atoms with Gasteiger partial charge in [-0.1, -0.05) is 53.1 Å². The molecule has 0 spiro atoms. The van der Waals surface area contributed by atoms with Gasteiger partial charge in [0.1, 0.15) is 12.2 Å². The minimum absolute atomic E-state index is 0.0583. The number of esters is 2. The summed E-state index contributed by atoms with van der Waals surface area (Å²) in [5.41, 5.74) is 0.877. The number of hydrogen-bond acceptors (Lipinski definition) is 7. The van der Waals surface area contributed by atoms with Crippen molar-refractivity contribution in [2.45, 2.75) is 132 Å². The summed E-state index contributed by atoms with van der Waals surface area (Å²) in [4.78, 5) is 52.6. The van der Waals surface area contributed by atoms with Gasteiger partial charge in [-0.2, -0.15) is 0 Å². The van der Waals surface area contributed by atoms with Gasteiger partial charge in [0.15, 0.2) is 5.78 Å². The molecule has 5 aliphatic rings. The fraction of sp³-hybridized carbons (Fsp3) is 0.727. The number of carbonyl (C=O) groups is 4. The van der Waals surface area contributed by atoms with Crippen LogP contribution in [0.15, 0.2) is 35.4 Å². The van der Waals surface area contributed by atoms with Crippen LogP contribution in [-0.4, -0.2) is 54.6 Å². The number of nitrogens with one attached hydrogen (secondary N) is 1. The summed E-state index contributed by atoms with van der Waals surface area (Å²) in [5.74, 6) is -0.00497. The molecule has 8 nitrogen and oxygen atoms in total. The molecule has 6 rings (SSSR count). The highest BCUT2D eigenvalue weighted by atomic mass is 35.5. The van der Waals surface area contributed by atoms with Crippen molar-refractivity contribution in [1.29, 1.82) is 0 Å². The monoisotopic (exact) mass is 751 g/mol.